The maximum absolute atomic E-state index is 12.6. The fraction of sp³-hybridized carbons (Fsp3) is 0.480. The maximum atomic E-state index is 12.6. The van der Waals surface area contributed by atoms with E-state index in [4.69, 9.17) is 4.74 Å². The molecule has 0 bridgehead atoms. The van der Waals surface area contributed by atoms with Crippen LogP contribution < -0.4 is 10.1 Å². The Morgan fingerprint density at radius 3 is 2.81 bits per heavy atom. The number of nitrogens with zero attached hydrogens (tertiary/aromatic N) is 4. The number of benzene rings is 1. The van der Waals surface area contributed by atoms with E-state index in [-0.39, 0.29) is 5.91 Å². The number of ether oxygens (including phenoxy) is 1. The van der Waals surface area contributed by atoms with E-state index in [9.17, 15) is 4.79 Å². The molecule has 0 saturated heterocycles. The van der Waals surface area contributed by atoms with Gasteiger partial charge in [0.25, 0.3) is 5.91 Å². The minimum Gasteiger partial charge on any atom is -0.496 e. The average Bonchev–Trinajstić information content (AvgIpc) is 3.09. The lowest BCUT2D eigenvalue weighted by Crippen LogP contribution is -2.30. The van der Waals surface area contributed by atoms with E-state index < -0.39 is 0 Å². The predicted octanol–water partition coefficient (Wildman–Crippen LogP) is 3.38. The zero-order valence-corrected chi connectivity index (χ0v) is 19.1. The number of amides is 1. The molecule has 2 aromatic rings. The number of hydrogen-bond acceptors (Lipinski definition) is 5. The summed E-state index contributed by atoms with van der Waals surface area (Å²) < 4.78 is 7.46. The Morgan fingerprint density at radius 1 is 1.22 bits per heavy atom. The molecule has 0 unspecified atom stereocenters. The van der Waals surface area contributed by atoms with Crippen molar-refractivity contribution in [3.8, 4) is 5.75 Å². The number of methoxy groups -OCH3 is 1. The van der Waals surface area contributed by atoms with Crippen LogP contribution in [0.4, 0.5) is 0 Å². The van der Waals surface area contributed by atoms with Crippen molar-refractivity contribution < 1.29 is 9.53 Å². The number of allylic oxidation sites excluding steroid dienone is 2. The number of para-hydroxylation sites is 1. The number of rotatable bonds is 7. The van der Waals surface area contributed by atoms with Gasteiger partial charge >= 0.3 is 0 Å². The molecule has 1 atom stereocenters. The number of aromatic nitrogens is 3. The molecule has 7 heteroatoms. The SMILES string of the molecule is C=C(C)[C@@H]1CC=C(CN2CCc3nnc(CNC(=O)c4ccccc4OC)n3CC2)CC1. The summed E-state index contributed by atoms with van der Waals surface area (Å²) in [6.45, 7) is 10.4. The Bertz CT molecular complexity index is 1010. The van der Waals surface area contributed by atoms with Gasteiger partial charge in [-0.15, -0.1) is 10.2 Å². The maximum Gasteiger partial charge on any atom is 0.255 e. The van der Waals surface area contributed by atoms with Gasteiger partial charge in [0.2, 0.25) is 0 Å². The third-order valence-corrected chi connectivity index (χ3v) is 6.58. The summed E-state index contributed by atoms with van der Waals surface area (Å²) in [5.74, 6) is 2.83. The van der Waals surface area contributed by atoms with Crippen LogP contribution in [0.1, 0.15) is 48.2 Å². The first-order valence-electron chi connectivity index (χ1n) is 11.4. The number of carbonyl (C=O) groups is 1. The number of nitrogens with one attached hydrogen (secondary N) is 1. The highest BCUT2D eigenvalue weighted by Gasteiger charge is 2.22. The minimum absolute atomic E-state index is 0.174. The lowest BCUT2D eigenvalue weighted by Gasteiger charge is -2.26. The molecule has 1 aromatic heterocycles. The molecular weight excluding hydrogens is 402 g/mol. The molecular formula is C25H33N5O2. The number of hydrogen-bond donors (Lipinski definition) is 1. The van der Waals surface area contributed by atoms with Crippen molar-refractivity contribution in [2.75, 3.05) is 26.7 Å². The zero-order chi connectivity index (χ0) is 22.5. The Morgan fingerprint density at radius 2 is 2.06 bits per heavy atom. The second kappa shape index (κ2) is 10.1. The third-order valence-electron chi connectivity index (χ3n) is 6.58. The normalized spacial score (nSPS) is 18.9. The van der Waals surface area contributed by atoms with E-state index >= 15 is 0 Å². The zero-order valence-electron chi connectivity index (χ0n) is 19.1. The first-order chi connectivity index (χ1) is 15.5. The van der Waals surface area contributed by atoms with Gasteiger partial charge in [-0.3, -0.25) is 9.69 Å². The molecule has 1 aliphatic carbocycles. The number of fused-ring (bicyclic) bond motifs is 1. The standard InChI is InChI=1S/C25H33N5O2/c1-18(2)20-10-8-19(9-11-20)17-29-13-12-23-27-28-24(30(23)15-14-29)16-26-25(31)21-6-4-5-7-22(21)32-3/h4-8,20H,1,9-17H2,2-3H3,(H,26,31)/t20-/m1/s1. The molecule has 1 N–H and O–H groups in total. The Balaban J connectivity index is 1.33. The van der Waals surface area contributed by atoms with Crippen LogP contribution >= 0.6 is 0 Å². The van der Waals surface area contributed by atoms with E-state index in [0.29, 0.717) is 23.8 Å². The van der Waals surface area contributed by atoms with Gasteiger partial charge in [0.05, 0.1) is 19.2 Å². The van der Waals surface area contributed by atoms with Crippen LogP contribution in [0.5, 0.6) is 5.75 Å². The van der Waals surface area contributed by atoms with E-state index in [0.717, 1.165) is 50.7 Å². The van der Waals surface area contributed by atoms with E-state index in [1.807, 2.05) is 12.1 Å². The van der Waals surface area contributed by atoms with Crippen molar-refractivity contribution >= 4 is 5.91 Å². The summed E-state index contributed by atoms with van der Waals surface area (Å²) in [6, 6.07) is 7.22. The first-order valence-corrected chi connectivity index (χ1v) is 11.4. The fourth-order valence-electron chi connectivity index (χ4n) is 4.57. The van der Waals surface area contributed by atoms with Crippen molar-refractivity contribution in [3.63, 3.8) is 0 Å². The summed E-state index contributed by atoms with van der Waals surface area (Å²) in [7, 11) is 1.57. The molecule has 0 fully saturated rings. The minimum atomic E-state index is -0.174. The van der Waals surface area contributed by atoms with Crippen molar-refractivity contribution in [1.29, 1.82) is 0 Å². The molecule has 0 radical (unpaired) electrons. The monoisotopic (exact) mass is 435 g/mol. The summed E-state index contributed by atoms with van der Waals surface area (Å²) in [5.41, 5.74) is 3.37. The van der Waals surface area contributed by atoms with Gasteiger partial charge in [-0.05, 0) is 44.2 Å². The molecule has 170 valence electrons. The Kier molecular flexibility index (Phi) is 7.05. The van der Waals surface area contributed by atoms with E-state index in [1.54, 1.807) is 24.8 Å². The van der Waals surface area contributed by atoms with Crippen LogP contribution in [-0.2, 0) is 19.5 Å². The molecule has 32 heavy (non-hydrogen) atoms. The largest absolute Gasteiger partial charge is 0.496 e. The van der Waals surface area contributed by atoms with Crippen molar-refractivity contribution in [2.24, 2.45) is 5.92 Å². The predicted molar refractivity (Wildman–Crippen MR) is 125 cm³/mol. The van der Waals surface area contributed by atoms with Gasteiger partial charge in [-0.2, -0.15) is 0 Å². The highest BCUT2D eigenvalue weighted by molar-refractivity contribution is 5.96. The van der Waals surface area contributed by atoms with Crippen molar-refractivity contribution in [1.82, 2.24) is 25.0 Å². The smallest absolute Gasteiger partial charge is 0.255 e. The number of carbonyl (C=O) groups excluding carboxylic acids is 1. The lowest BCUT2D eigenvalue weighted by atomic mass is 9.85. The van der Waals surface area contributed by atoms with Gasteiger partial charge in [0, 0.05) is 32.6 Å². The molecule has 2 heterocycles. The van der Waals surface area contributed by atoms with Crippen LogP contribution in [0.2, 0.25) is 0 Å². The first kappa shape index (κ1) is 22.3. The molecule has 0 saturated carbocycles. The molecule has 4 rings (SSSR count). The van der Waals surface area contributed by atoms with Gasteiger partial charge in [0.1, 0.15) is 11.6 Å². The van der Waals surface area contributed by atoms with Gasteiger partial charge in [0.15, 0.2) is 5.82 Å². The van der Waals surface area contributed by atoms with Crippen LogP contribution in [0.25, 0.3) is 0 Å². The highest BCUT2D eigenvalue weighted by atomic mass is 16.5. The Labute approximate surface area is 190 Å². The Hall–Kier alpha value is -2.93. The second-order valence-electron chi connectivity index (χ2n) is 8.77. The third kappa shape index (κ3) is 5.10. The van der Waals surface area contributed by atoms with Gasteiger partial charge < -0.3 is 14.6 Å². The quantitative estimate of drug-likeness (QED) is 0.675. The molecule has 0 spiro atoms. The summed E-state index contributed by atoms with van der Waals surface area (Å²) >= 11 is 0. The fourth-order valence-corrected chi connectivity index (χ4v) is 4.57. The van der Waals surface area contributed by atoms with Crippen molar-refractivity contribution in [3.05, 3.63) is 65.3 Å². The van der Waals surface area contributed by atoms with Crippen molar-refractivity contribution in [2.45, 2.75) is 45.7 Å². The summed E-state index contributed by atoms with van der Waals surface area (Å²) in [5, 5.41) is 11.7. The van der Waals surface area contributed by atoms with Crippen LogP contribution in [0.3, 0.4) is 0 Å². The lowest BCUT2D eigenvalue weighted by molar-refractivity contribution is 0.0946. The average molecular weight is 436 g/mol. The van der Waals surface area contributed by atoms with Gasteiger partial charge in [-0.25, -0.2) is 0 Å². The molecule has 1 amide bonds. The van der Waals surface area contributed by atoms with E-state index in [1.165, 1.54) is 18.4 Å². The van der Waals surface area contributed by atoms with Crippen LogP contribution in [0.15, 0.2) is 48.1 Å². The van der Waals surface area contributed by atoms with Gasteiger partial charge in [-0.1, -0.05) is 35.9 Å². The molecule has 1 aliphatic heterocycles. The molecule has 7 nitrogen and oxygen atoms in total. The topological polar surface area (TPSA) is 72.3 Å². The summed E-state index contributed by atoms with van der Waals surface area (Å²) in [4.78, 5) is 15.1. The highest BCUT2D eigenvalue weighted by Crippen LogP contribution is 2.28. The molecule has 1 aromatic carbocycles. The second-order valence-corrected chi connectivity index (χ2v) is 8.77. The van der Waals surface area contributed by atoms with E-state index in [2.05, 4.69) is 44.6 Å². The molecule has 2 aliphatic rings. The van der Waals surface area contributed by atoms with Crippen LogP contribution in [-0.4, -0.2) is 52.3 Å². The van der Waals surface area contributed by atoms with Crippen LogP contribution in [0, 0.1) is 5.92 Å². The summed E-state index contributed by atoms with van der Waals surface area (Å²) in [6.07, 6.45) is 6.80.